The summed E-state index contributed by atoms with van der Waals surface area (Å²) >= 11 is 0. The Morgan fingerprint density at radius 2 is 1.93 bits per heavy atom. The van der Waals surface area contributed by atoms with Crippen molar-refractivity contribution in [2.75, 3.05) is 0 Å². The van der Waals surface area contributed by atoms with Crippen molar-refractivity contribution >= 4 is 10.0 Å². The first-order chi connectivity index (χ1) is 6.91. The topological polar surface area (TPSA) is 80.4 Å². The molecule has 1 aromatic carbocycles. The third-order valence-electron chi connectivity index (χ3n) is 2.63. The Balaban J connectivity index is 2.38. The highest BCUT2D eigenvalue weighted by molar-refractivity contribution is 7.89. The van der Waals surface area contributed by atoms with Crippen LogP contribution in [0.3, 0.4) is 0 Å². The van der Waals surface area contributed by atoms with Gasteiger partial charge in [0.25, 0.3) is 0 Å². The lowest BCUT2D eigenvalue weighted by molar-refractivity contribution is 0.150. The van der Waals surface area contributed by atoms with E-state index in [0.29, 0.717) is 12.0 Å². The normalized spacial score (nSPS) is 18.8. The van der Waals surface area contributed by atoms with Crippen LogP contribution in [0, 0.1) is 0 Å². The smallest absolute Gasteiger partial charge is 0.238 e. The summed E-state index contributed by atoms with van der Waals surface area (Å²) in [5, 5.41) is 14.8. The summed E-state index contributed by atoms with van der Waals surface area (Å²) in [5.41, 5.74) is -0.110. The summed E-state index contributed by atoms with van der Waals surface area (Å²) < 4.78 is 22.5. The molecule has 1 saturated carbocycles. The Bertz CT molecular complexity index is 477. The fraction of sp³-hybridized carbons (Fsp3) is 0.400. The molecule has 4 nitrogen and oxygen atoms in total. The maximum atomic E-state index is 11.3. The predicted octanol–water partition coefficient (Wildman–Crippen LogP) is 0.401. The van der Waals surface area contributed by atoms with E-state index in [0.717, 1.165) is 12.8 Å². The number of hydrogen-bond acceptors (Lipinski definition) is 3. The van der Waals surface area contributed by atoms with E-state index in [1.165, 1.54) is 6.07 Å². The van der Waals surface area contributed by atoms with Crippen LogP contribution in [0.25, 0.3) is 0 Å². The molecule has 0 atom stereocenters. The second-order valence-electron chi connectivity index (χ2n) is 4.05. The number of hydrogen-bond donors (Lipinski definition) is 2. The zero-order valence-corrected chi connectivity index (χ0v) is 9.00. The predicted molar refractivity (Wildman–Crippen MR) is 55.7 cm³/mol. The average molecular weight is 227 g/mol. The maximum Gasteiger partial charge on any atom is 0.238 e. The zero-order chi connectivity index (χ0) is 11.1. The first-order valence-corrected chi connectivity index (χ1v) is 6.28. The van der Waals surface area contributed by atoms with Gasteiger partial charge in [0.2, 0.25) is 10.0 Å². The highest BCUT2D eigenvalue weighted by Gasteiger charge is 2.41. The standard InChI is InChI=1S/C10H13NO3S/c11-15(13,14)9-4-2-1-3-8(9)7-10(12)5-6-10/h1-4,12H,5-7H2,(H2,11,13,14). The van der Waals surface area contributed by atoms with Crippen LogP contribution in [0.4, 0.5) is 0 Å². The molecule has 0 radical (unpaired) electrons. The third-order valence-corrected chi connectivity index (χ3v) is 3.64. The minimum atomic E-state index is -3.69. The number of nitrogens with two attached hydrogens (primary N) is 1. The van der Waals surface area contributed by atoms with E-state index in [4.69, 9.17) is 5.14 Å². The van der Waals surface area contributed by atoms with Crippen molar-refractivity contribution in [2.24, 2.45) is 5.14 Å². The molecular weight excluding hydrogens is 214 g/mol. The molecule has 0 bridgehead atoms. The van der Waals surface area contributed by atoms with Gasteiger partial charge in [-0.05, 0) is 24.5 Å². The van der Waals surface area contributed by atoms with Gasteiger partial charge in [-0.2, -0.15) is 0 Å². The quantitative estimate of drug-likeness (QED) is 0.784. The van der Waals surface area contributed by atoms with Crippen molar-refractivity contribution in [3.05, 3.63) is 29.8 Å². The van der Waals surface area contributed by atoms with E-state index >= 15 is 0 Å². The van der Waals surface area contributed by atoms with E-state index in [9.17, 15) is 13.5 Å². The lowest BCUT2D eigenvalue weighted by Crippen LogP contribution is -2.18. The molecule has 2 rings (SSSR count). The average Bonchev–Trinajstić information content (AvgIpc) is 2.82. The van der Waals surface area contributed by atoms with E-state index < -0.39 is 15.6 Å². The number of primary sulfonamides is 1. The van der Waals surface area contributed by atoms with Crippen molar-refractivity contribution in [1.82, 2.24) is 0 Å². The molecule has 1 aromatic rings. The lowest BCUT2D eigenvalue weighted by Gasteiger charge is -2.10. The molecule has 82 valence electrons. The molecule has 0 aromatic heterocycles. The minimum absolute atomic E-state index is 0.116. The van der Waals surface area contributed by atoms with Crippen LogP contribution in [0.15, 0.2) is 29.2 Å². The minimum Gasteiger partial charge on any atom is -0.390 e. The number of sulfonamides is 1. The van der Waals surface area contributed by atoms with Gasteiger partial charge in [-0.3, -0.25) is 0 Å². The van der Waals surface area contributed by atoms with Gasteiger partial charge in [-0.15, -0.1) is 0 Å². The van der Waals surface area contributed by atoms with Gasteiger partial charge in [0, 0.05) is 6.42 Å². The number of benzene rings is 1. The van der Waals surface area contributed by atoms with E-state index in [-0.39, 0.29) is 4.90 Å². The Morgan fingerprint density at radius 3 is 2.47 bits per heavy atom. The summed E-state index contributed by atoms with van der Waals surface area (Å²) in [6.07, 6.45) is 1.82. The van der Waals surface area contributed by atoms with Crippen LogP contribution in [-0.2, 0) is 16.4 Å². The number of rotatable bonds is 3. The monoisotopic (exact) mass is 227 g/mol. The Labute approximate surface area is 88.8 Å². The lowest BCUT2D eigenvalue weighted by atomic mass is 10.1. The first kappa shape index (κ1) is 10.6. The fourth-order valence-corrected chi connectivity index (χ4v) is 2.38. The van der Waals surface area contributed by atoms with Gasteiger partial charge in [-0.25, -0.2) is 13.6 Å². The van der Waals surface area contributed by atoms with Crippen molar-refractivity contribution in [2.45, 2.75) is 29.8 Å². The fourth-order valence-electron chi connectivity index (χ4n) is 1.60. The molecule has 0 unspecified atom stereocenters. The Morgan fingerprint density at radius 1 is 1.33 bits per heavy atom. The van der Waals surface area contributed by atoms with Crippen molar-refractivity contribution in [3.8, 4) is 0 Å². The van der Waals surface area contributed by atoms with Crippen LogP contribution in [0.1, 0.15) is 18.4 Å². The number of aliphatic hydroxyl groups is 1. The molecule has 5 heteroatoms. The highest BCUT2D eigenvalue weighted by atomic mass is 32.2. The Kier molecular flexibility index (Phi) is 2.33. The molecule has 1 fully saturated rings. The summed E-state index contributed by atoms with van der Waals surface area (Å²) in [6, 6.07) is 6.53. The SMILES string of the molecule is NS(=O)(=O)c1ccccc1CC1(O)CC1. The maximum absolute atomic E-state index is 11.3. The molecule has 1 aliphatic carbocycles. The van der Waals surface area contributed by atoms with Gasteiger partial charge in [0.05, 0.1) is 10.5 Å². The zero-order valence-electron chi connectivity index (χ0n) is 8.18. The van der Waals surface area contributed by atoms with Crippen LogP contribution in [0.5, 0.6) is 0 Å². The highest BCUT2D eigenvalue weighted by Crippen LogP contribution is 2.39. The van der Waals surface area contributed by atoms with Crippen molar-refractivity contribution in [1.29, 1.82) is 0 Å². The Hall–Kier alpha value is -0.910. The molecular formula is C10H13NO3S. The van der Waals surface area contributed by atoms with Gasteiger partial charge < -0.3 is 5.11 Å². The van der Waals surface area contributed by atoms with Crippen LogP contribution >= 0.6 is 0 Å². The van der Waals surface area contributed by atoms with Gasteiger partial charge in [-0.1, -0.05) is 18.2 Å². The molecule has 1 aliphatic rings. The van der Waals surface area contributed by atoms with Gasteiger partial charge in [0.15, 0.2) is 0 Å². The molecule has 0 amide bonds. The summed E-state index contributed by atoms with van der Waals surface area (Å²) in [6.45, 7) is 0. The summed E-state index contributed by atoms with van der Waals surface area (Å²) in [5.74, 6) is 0. The molecule has 0 spiro atoms. The second kappa shape index (κ2) is 3.30. The molecule has 0 heterocycles. The second-order valence-corrected chi connectivity index (χ2v) is 5.58. The summed E-state index contributed by atoms with van der Waals surface area (Å²) in [7, 11) is -3.69. The molecule has 3 N–H and O–H groups in total. The van der Waals surface area contributed by atoms with Gasteiger partial charge >= 0.3 is 0 Å². The third kappa shape index (κ3) is 2.37. The molecule has 0 saturated heterocycles. The molecule has 0 aliphatic heterocycles. The van der Waals surface area contributed by atoms with E-state index in [2.05, 4.69) is 0 Å². The molecule has 15 heavy (non-hydrogen) atoms. The van der Waals surface area contributed by atoms with Crippen molar-refractivity contribution in [3.63, 3.8) is 0 Å². The summed E-state index contributed by atoms with van der Waals surface area (Å²) in [4.78, 5) is 0.116. The van der Waals surface area contributed by atoms with Gasteiger partial charge in [0.1, 0.15) is 0 Å². The van der Waals surface area contributed by atoms with Crippen LogP contribution in [-0.4, -0.2) is 19.1 Å². The largest absolute Gasteiger partial charge is 0.390 e. The van der Waals surface area contributed by atoms with Crippen LogP contribution < -0.4 is 5.14 Å². The van der Waals surface area contributed by atoms with E-state index in [1.54, 1.807) is 18.2 Å². The first-order valence-electron chi connectivity index (χ1n) is 4.74. The van der Waals surface area contributed by atoms with Crippen molar-refractivity contribution < 1.29 is 13.5 Å². The van der Waals surface area contributed by atoms with E-state index in [1.807, 2.05) is 0 Å². The van der Waals surface area contributed by atoms with Crippen LogP contribution in [0.2, 0.25) is 0 Å².